The number of carboxylic acid groups (broad SMARTS) is 1. The molecule has 1 rings (SSSR count). The van der Waals surface area contributed by atoms with E-state index in [4.69, 9.17) is 5.11 Å². The van der Waals surface area contributed by atoms with E-state index in [9.17, 15) is 14.9 Å². The molecular formula is C11H14N2O4. The summed E-state index contributed by atoms with van der Waals surface area (Å²) >= 11 is 0. The number of rotatable bonds is 6. The molecular weight excluding hydrogens is 224 g/mol. The molecule has 0 saturated carbocycles. The zero-order valence-corrected chi connectivity index (χ0v) is 9.42. The third-order valence-electron chi connectivity index (χ3n) is 2.37. The SMILES string of the molecule is CC(NCCC(=O)O)c1cccc([N+](=O)[O-])c1. The molecule has 0 aliphatic rings. The minimum Gasteiger partial charge on any atom is -0.481 e. The van der Waals surface area contributed by atoms with Crippen LogP contribution in [-0.2, 0) is 4.79 Å². The quantitative estimate of drug-likeness (QED) is 0.581. The summed E-state index contributed by atoms with van der Waals surface area (Å²) in [5.41, 5.74) is 0.805. The van der Waals surface area contributed by atoms with Crippen LogP contribution in [0.4, 0.5) is 5.69 Å². The van der Waals surface area contributed by atoms with Gasteiger partial charge >= 0.3 is 5.97 Å². The number of carboxylic acids is 1. The van der Waals surface area contributed by atoms with Crippen molar-refractivity contribution in [3.8, 4) is 0 Å². The van der Waals surface area contributed by atoms with Crippen molar-refractivity contribution < 1.29 is 14.8 Å². The molecule has 0 heterocycles. The van der Waals surface area contributed by atoms with Crippen molar-refractivity contribution in [2.45, 2.75) is 19.4 Å². The Morgan fingerprint density at radius 1 is 1.59 bits per heavy atom. The smallest absolute Gasteiger partial charge is 0.304 e. The van der Waals surface area contributed by atoms with Crippen LogP contribution in [0.3, 0.4) is 0 Å². The van der Waals surface area contributed by atoms with Gasteiger partial charge in [-0.05, 0) is 12.5 Å². The van der Waals surface area contributed by atoms with Crippen molar-refractivity contribution in [3.05, 3.63) is 39.9 Å². The summed E-state index contributed by atoms with van der Waals surface area (Å²) in [7, 11) is 0. The average Bonchev–Trinajstić information content (AvgIpc) is 2.28. The third kappa shape index (κ3) is 4.20. The lowest BCUT2D eigenvalue weighted by atomic mass is 10.1. The third-order valence-corrected chi connectivity index (χ3v) is 2.37. The number of hydrogen-bond donors (Lipinski definition) is 2. The monoisotopic (exact) mass is 238 g/mol. The molecule has 92 valence electrons. The lowest BCUT2D eigenvalue weighted by Gasteiger charge is -2.13. The normalized spacial score (nSPS) is 12.1. The Morgan fingerprint density at radius 3 is 2.88 bits per heavy atom. The van der Waals surface area contributed by atoms with Crippen molar-refractivity contribution in [2.75, 3.05) is 6.54 Å². The zero-order chi connectivity index (χ0) is 12.8. The van der Waals surface area contributed by atoms with Crippen molar-refractivity contribution in [1.29, 1.82) is 0 Å². The van der Waals surface area contributed by atoms with Crippen LogP contribution >= 0.6 is 0 Å². The first-order valence-electron chi connectivity index (χ1n) is 5.20. The number of hydrogen-bond acceptors (Lipinski definition) is 4. The van der Waals surface area contributed by atoms with Gasteiger partial charge in [0.2, 0.25) is 0 Å². The summed E-state index contributed by atoms with van der Waals surface area (Å²) in [4.78, 5) is 20.5. The number of nitro groups is 1. The van der Waals surface area contributed by atoms with Crippen LogP contribution in [0.1, 0.15) is 24.9 Å². The van der Waals surface area contributed by atoms with Gasteiger partial charge in [-0.25, -0.2) is 0 Å². The highest BCUT2D eigenvalue weighted by Crippen LogP contribution is 2.18. The van der Waals surface area contributed by atoms with E-state index in [1.165, 1.54) is 12.1 Å². The molecule has 2 N–H and O–H groups in total. The highest BCUT2D eigenvalue weighted by molar-refractivity contribution is 5.66. The summed E-state index contributed by atoms with van der Waals surface area (Å²) < 4.78 is 0. The van der Waals surface area contributed by atoms with Crippen LogP contribution in [0.5, 0.6) is 0 Å². The molecule has 6 heteroatoms. The number of benzene rings is 1. The number of non-ortho nitro benzene ring substituents is 1. The van der Waals surface area contributed by atoms with Crippen LogP contribution in [-0.4, -0.2) is 22.5 Å². The second-order valence-electron chi connectivity index (χ2n) is 3.67. The lowest BCUT2D eigenvalue weighted by Crippen LogP contribution is -2.21. The van der Waals surface area contributed by atoms with Gasteiger partial charge in [0.1, 0.15) is 0 Å². The Bertz CT molecular complexity index is 420. The summed E-state index contributed by atoms with van der Waals surface area (Å²) in [5, 5.41) is 22.1. The molecule has 6 nitrogen and oxygen atoms in total. The molecule has 0 radical (unpaired) electrons. The summed E-state index contributed by atoms with van der Waals surface area (Å²) in [6, 6.07) is 6.18. The number of nitro benzene ring substituents is 1. The van der Waals surface area contributed by atoms with Crippen molar-refractivity contribution in [3.63, 3.8) is 0 Å². The highest BCUT2D eigenvalue weighted by atomic mass is 16.6. The maximum absolute atomic E-state index is 10.6. The fourth-order valence-corrected chi connectivity index (χ4v) is 1.42. The van der Waals surface area contributed by atoms with E-state index in [1.807, 2.05) is 6.92 Å². The van der Waals surface area contributed by atoms with Gasteiger partial charge in [0, 0.05) is 24.7 Å². The van der Waals surface area contributed by atoms with Crippen molar-refractivity contribution in [1.82, 2.24) is 5.32 Å². The van der Waals surface area contributed by atoms with Gasteiger partial charge in [0.05, 0.1) is 11.3 Å². The van der Waals surface area contributed by atoms with Crippen molar-refractivity contribution >= 4 is 11.7 Å². The number of nitrogens with one attached hydrogen (secondary N) is 1. The first-order valence-corrected chi connectivity index (χ1v) is 5.20. The maximum Gasteiger partial charge on any atom is 0.304 e. The van der Waals surface area contributed by atoms with Gasteiger partial charge in [-0.15, -0.1) is 0 Å². The van der Waals surface area contributed by atoms with Crippen LogP contribution in [0, 0.1) is 10.1 Å². The first kappa shape index (κ1) is 13.1. The molecule has 0 aliphatic heterocycles. The topological polar surface area (TPSA) is 92.5 Å². The van der Waals surface area contributed by atoms with E-state index in [-0.39, 0.29) is 18.2 Å². The fourth-order valence-electron chi connectivity index (χ4n) is 1.42. The fraction of sp³-hybridized carbons (Fsp3) is 0.364. The minimum atomic E-state index is -0.872. The molecule has 0 aromatic heterocycles. The van der Waals surface area contributed by atoms with Crippen LogP contribution in [0.15, 0.2) is 24.3 Å². The van der Waals surface area contributed by atoms with E-state index >= 15 is 0 Å². The summed E-state index contributed by atoms with van der Waals surface area (Å²) in [6.45, 7) is 2.17. The summed E-state index contributed by atoms with van der Waals surface area (Å²) in [5.74, 6) is -0.872. The van der Waals surface area contributed by atoms with E-state index < -0.39 is 10.9 Å². The molecule has 0 fully saturated rings. The lowest BCUT2D eigenvalue weighted by molar-refractivity contribution is -0.384. The van der Waals surface area contributed by atoms with Crippen LogP contribution in [0.25, 0.3) is 0 Å². The first-order chi connectivity index (χ1) is 8.00. The molecule has 0 bridgehead atoms. The molecule has 1 aromatic rings. The molecule has 1 aromatic carbocycles. The minimum absolute atomic E-state index is 0.0271. The van der Waals surface area contributed by atoms with Gasteiger partial charge in [-0.2, -0.15) is 0 Å². The molecule has 0 amide bonds. The van der Waals surface area contributed by atoms with E-state index in [1.54, 1.807) is 12.1 Å². The van der Waals surface area contributed by atoms with Gasteiger partial charge in [-0.1, -0.05) is 12.1 Å². The molecule has 1 atom stereocenters. The molecule has 1 unspecified atom stereocenters. The second-order valence-corrected chi connectivity index (χ2v) is 3.67. The molecule has 0 saturated heterocycles. The largest absolute Gasteiger partial charge is 0.481 e. The molecule has 0 spiro atoms. The predicted octanol–water partition coefficient (Wildman–Crippen LogP) is 1.72. The highest BCUT2D eigenvalue weighted by Gasteiger charge is 2.10. The van der Waals surface area contributed by atoms with E-state index in [0.717, 1.165) is 5.56 Å². The second kappa shape index (κ2) is 5.95. The number of carbonyl (C=O) groups is 1. The van der Waals surface area contributed by atoms with E-state index in [0.29, 0.717) is 6.54 Å². The predicted molar refractivity (Wildman–Crippen MR) is 61.8 cm³/mol. The number of aliphatic carboxylic acids is 1. The van der Waals surface area contributed by atoms with Gasteiger partial charge in [0.25, 0.3) is 5.69 Å². The van der Waals surface area contributed by atoms with Gasteiger partial charge in [-0.3, -0.25) is 14.9 Å². The van der Waals surface area contributed by atoms with Crippen LogP contribution in [0.2, 0.25) is 0 Å². The standard InChI is InChI=1S/C11H14N2O4/c1-8(12-6-5-11(14)15)9-3-2-4-10(7-9)13(16)17/h2-4,7-8,12H,5-6H2,1H3,(H,14,15). The Labute approximate surface area is 98.4 Å². The average molecular weight is 238 g/mol. The van der Waals surface area contributed by atoms with Crippen LogP contribution < -0.4 is 5.32 Å². The molecule has 17 heavy (non-hydrogen) atoms. The van der Waals surface area contributed by atoms with Crippen molar-refractivity contribution in [2.24, 2.45) is 0 Å². The van der Waals surface area contributed by atoms with Gasteiger partial charge < -0.3 is 10.4 Å². The number of nitrogens with zero attached hydrogens (tertiary/aromatic N) is 1. The van der Waals surface area contributed by atoms with E-state index in [2.05, 4.69) is 5.32 Å². The zero-order valence-electron chi connectivity index (χ0n) is 9.42. The Kier molecular flexibility index (Phi) is 4.59. The molecule has 0 aliphatic carbocycles. The maximum atomic E-state index is 10.6. The Hall–Kier alpha value is -1.95. The van der Waals surface area contributed by atoms with Gasteiger partial charge in [0.15, 0.2) is 0 Å². The Morgan fingerprint density at radius 2 is 2.29 bits per heavy atom. The summed E-state index contributed by atoms with van der Waals surface area (Å²) in [6.07, 6.45) is 0.0271. The Balaban J connectivity index is 2.62.